The van der Waals surface area contributed by atoms with Crippen molar-refractivity contribution in [1.29, 1.82) is 0 Å². The minimum Gasteiger partial charge on any atom is -0.497 e. The van der Waals surface area contributed by atoms with Crippen molar-refractivity contribution in [1.82, 2.24) is 10.6 Å². The topological polar surface area (TPSA) is 80.6 Å². The molecule has 0 spiro atoms. The Kier molecular flexibility index (Phi) is 7.72. The Morgan fingerprint density at radius 1 is 1.03 bits per heavy atom. The second kappa shape index (κ2) is 10.7. The number of ether oxygens (including phenoxy) is 1. The molecule has 0 saturated carbocycles. The molecule has 0 bridgehead atoms. The summed E-state index contributed by atoms with van der Waals surface area (Å²) in [5.41, 5.74) is 1.58. The van der Waals surface area contributed by atoms with Crippen LogP contribution >= 0.6 is 0 Å². The highest BCUT2D eigenvalue weighted by atomic mass is 16.5. The maximum absolute atomic E-state index is 13.1. The number of furan rings is 1. The van der Waals surface area contributed by atoms with E-state index in [4.69, 9.17) is 9.15 Å². The first-order valence-corrected chi connectivity index (χ1v) is 10.9. The average Bonchev–Trinajstić information content (AvgIpc) is 3.32. The molecule has 1 aromatic heterocycles. The number of amides is 2. The Bertz CT molecular complexity index is 1080. The molecule has 1 atom stereocenters. The van der Waals surface area contributed by atoms with Crippen LogP contribution in [-0.2, 0) is 10.2 Å². The van der Waals surface area contributed by atoms with Crippen LogP contribution in [0.1, 0.15) is 48.9 Å². The predicted octanol–water partition coefficient (Wildman–Crippen LogP) is 4.93. The Hall–Kier alpha value is -3.80. The molecule has 2 amide bonds. The van der Waals surface area contributed by atoms with E-state index in [2.05, 4.69) is 36.6 Å². The first-order valence-electron chi connectivity index (χ1n) is 10.9. The quantitative estimate of drug-likeness (QED) is 0.457. The van der Waals surface area contributed by atoms with Crippen LogP contribution in [0.3, 0.4) is 0 Å². The second-order valence-electron chi connectivity index (χ2n) is 8.58. The highest BCUT2D eigenvalue weighted by Gasteiger charge is 2.25. The molecular weight excluding hydrogens is 416 g/mol. The highest BCUT2D eigenvalue weighted by Crippen LogP contribution is 2.28. The van der Waals surface area contributed by atoms with Gasteiger partial charge in [0.2, 0.25) is 0 Å². The summed E-state index contributed by atoms with van der Waals surface area (Å²) < 4.78 is 10.5. The van der Waals surface area contributed by atoms with Gasteiger partial charge in [0.1, 0.15) is 17.2 Å². The van der Waals surface area contributed by atoms with Crippen molar-refractivity contribution in [3.63, 3.8) is 0 Å². The lowest BCUT2D eigenvalue weighted by molar-refractivity contribution is -0.118. The van der Waals surface area contributed by atoms with E-state index < -0.39 is 5.91 Å². The van der Waals surface area contributed by atoms with Gasteiger partial charge in [-0.05, 0) is 60.7 Å². The first kappa shape index (κ1) is 23.9. The van der Waals surface area contributed by atoms with Gasteiger partial charge in [-0.3, -0.25) is 9.59 Å². The van der Waals surface area contributed by atoms with Gasteiger partial charge in [0, 0.05) is 17.7 Å². The standard InChI is InChI=1S/C27H30N2O4/c1-19(18-27(2,3)21-9-6-5-7-10-21)28-26(31)24(17-23-11-8-16-33-23)29-25(30)20-12-14-22(32-4)15-13-20/h5-17,19H,18H2,1-4H3,(H,28,31)(H,29,30)/b24-17-/t19-/m0/s1. The Morgan fingerprint density at radius 3 is 2.33 bits per heavy atom. The molecule has 3 aromatic rings. The highest BCUT2D eigenvalue weighted by molar-refractivity contribution is 6.05. The fourth-order valence-electron chi connectivity index (χ4n) is 3.74. The van der Waals surface area contributed by atoms with Gasteiger partial charge in [-0.15, -0.1) is 0 Å². The van der Waals surface area contributed by atoms with Gasteiger partial charge in [0.25, 0.3) is 11.8 Å². The molecule has 3 rings (SSSR count). The smallest absolute Gasteiger partial charge is 0.268 e. The van der Waals surface area contributed by atoms with Crippen molar-refractivity contribution in [3.8, 4) is 5.75 Å². The largest absolute Gasteiger partial charge is 0.497 e. The van der Waals surface area contributed by atoms with Crippen LogP contribution in [0.5, 0.6) is 5.75 Å². The summed E-state index contributed by atoms with van der Waals surface area (Å²) in [5, 5.41) is 5.73. The van der Waals surface area contributed by atoms with Crippen LogP contribution in [0.2, 0.25) is 0 Å². The molecule has 0 fully saturated rings. The molecule has 0 aliphatic rings. The van der Waals surface area contributed by atoms with Crippen LogP contribution < -0.4 is 15.4 Å². The molecule has 2 N–H and O–H groups in total. The van der Waals surface area contributed by atoms with E-state index in [0.717, 1.165) is 6.42 Å². The Morgan fingerprint density at radius 2 is 1.73 bits per heavy atom. The van der Waals surface area contributed by atoms with Crippen LogP contribution in [-0.4, -0.2) is 25.0 Å². The predicted molar refractivity (Wildman–Crippen MR) is 129 cm³/mol. The maximum Gasteiger partial charge on any atom is 0.268 e. The van der Waals surface area contributed by atoms with E-state index in [1.807, 2.05) is 25.1 Å². The number of hydrogen-bond donors (Lipinski definition) is 2. The molecule has 172 valence electrons. The van der Waals surface area contributed by atoms with Crippen LogP contribution in [0.15, 0.2) is 83.1 Å². The molecular formula is C27H30N2O4. The van der Waals surface area contributed by atoms with E-state index in [1.54, 1.807) is 43.5 Å². The summed E-state index contributed by atoms with van der Waals surface area (Å²) >= 11 is 0. The maximum atomic E-state index is 13.1. The number of rotatable bonds is 9. The van der Waals surface area contributed by atoms with Gasteiger partial charge in [0.15, 0.2) is 0 Å². The third kappa shape index (κ3) is 6.59. The summed E-state index contributed by atoms with van der Waals surface area (Å²) in [6.07, 6.45) is 3.76. The zero-order valence-corrected chi connectivity index (χ0v) is 19.4. The first-order chi connectivity index (χ1) is 15.8. The lowest BCUT2D eigenvalue weighted by Gasteiger charge is -2.29. The lowest BCUT2D eigenvalue weighted by atomic mass is 9.79. The Labute approximate surface area is 194 Å². The fraction of sp³-hybridized carbons (Fsp3) is 0.259. The molecule has 0 radical (unpaired) electrons. The van der Waals surface area contributed by atoms with Crippen LogP contribution in [0.4, 0.5) is 0 Å². The molecule has 6 heteroatoms. The number of carbonyl (C=O) groups excluding carboxylic acids is 2. The van der Waals surface area contributed by atoms with Crippen molar-refractivity contribution < 1.29 is 18.7 Å². The molecule has 2 aromatic carbocycles. The van der Waals surface area contributed by atoms with Gasteiger partial charge >= 0.3 is 0 Å². The monoisotopic (exact) mass is 446 g/mol. The molecule has 0 unspecified atom stereocenters. The van der Waals surface area contributed by atoms with E-state index >= 15 is 0 Å². The van der Waals surface area contributed by atoms with E-state index in [9.17, 15) is 9.59 Å². The minimum atomic E-state index is -0.400. The number of nitrogens with one attached hydrogen (secondary N) is 2. The summed E-state index contributed by atoms with van der Waals surface area (Å²) in [4.78, 5) is 25.9. The normalized spacial score (nSPS) is 12.7. The van der Waals surface area contributed by atoms with Crippen molar-refractivity contribution in [2.75, 3.05) is 7.11 Å². The molecule has 0 aliphatic heterocycles. The summed E-state index contributed by atoms with van der Waals surface area (Å²) in [6.45, 7) is 6.25. The summed E-state index contributed by atoms with van der Waals surface area (Å²) in [6, 6.07) is 20.2. The van der Waals surface area contributed by atoms with Gasteiger partial charge in [-0.1, -0.05) is 44.2 Å². The van der Waals surface area contributed by atoms with Gasteiger partial charge < -0.3 is 19.8 Å². The fourth-order valence-corrected chi connectivity index (χ4v) is 3.74. The molecule has 0 saturated heterocycles. The number of methoxy groups -OCH3 is 1. The van der Waals surface area contributed by atoms with Crippen molar-refractivity contribution in [2.45, 2.75) is 38.6 Å². The van der Waals surface area contributed by atoms with Crippen molar-refractivity contribution in [2.24, 2.45) is 0 Å². The van der Waals surface area contributed by atoms with Gasteiger partial charge in [-0.25, -0.2) is 0 Å². The minimum absolute atomic E-state index is 0.107. The van der Waals surface area contributed by atoms with Crippen molar-refractivity contribution in [3.05, 3.63) is 95.6 Å². The molecule has 6 nitrogen and oxygen atoms in total. The van der Waals surface area contributed by atoms with E-state index in [0.29, 0.717) is 17.1 Å². The van der Waals surface area contributed by atoms with E-state index in [-0.39, 0.29) is 23.1 Å². The SMILES string of the molecule is COc1ccc(C(=O)N/C(=C\c2ccco2)C(=O)N[C@@H](C)CC(C)(C)c2ccccc2)cc1. The lowest BCUT2D eigenvalue weighted by Crippen LogP contribution is -2.41. The van der Waals surface area contributed by atoms with Crippen molar-refractivity contribution >= 4 is 17.9 Å². The van der Waals surface area contributed by atoms with Gasteiger partial charge in [-0.2, -0.15) is 0 Å². The number of benzene rings is 2. The third-order valence-corrected chi connectivity index (χ3v) is 5.42. The number of carbonyl (C=O) groups is 2. The zero-order valence-electron chi connectivity index (χ0n) is 19.4. The van der Waals surface area contributed by atoms with Crippen LogP contribution in [0.25, 0.3) is 6.08 Å². The molecule has 33 heavy (non-hydrogen) atoms. The van der Waals surface area contributed by atoms with Crippen LogP contribution in [0, 0.1) is 0 Å². The summed E-state index contributed by atoms with van der Waals surface area (Å²) in [7, 11) is 1.56. The molecule has 0 aliphatic carbocycles. The number of hydrogen-bond acceptors (Lipinski definition) is 4. The summed E-state index contributed by atoms with van der Waals surface area (Å²) in [5.74, 6) is 0.324. The average molecular weight is 447 g/mol. The third-order valence-electron chi connectivity index (χ3n) is 5.42. The zero-order chi connectivity index (χ0) is 23.8. The second-order valence-corrected chi connectivity index (χ2v) is 8.58. The molecule has 1 heterocycles. The van der Waals surface area contributed by atoms with Gasteiger partial charge in [0.05, 0.1) is 13.4 Å². The van der Waals surface area contributed by atoms with E-state index in [1.165, 1.54) is 17.9 Å². The Balaban J connectivity index is 1.73.